The molecular weight excluding hydrogens is 398 g/mol. The standard InChI is InChI=1S/C19H15N3O4S2/c1-20(2)14-8-6-12(7-9-14)10-16-18(24)21(19(27)28-16)17(23)13-4-3-5-15(11-13)22(25)26/h3-11H,1-2H3/b16-10-. The van der Waals surface area contributed by atoms with E-state index in [-0.39, 0.29) is 15.6 Å². The van der Waals surface area contributed by atoms with Crippen molar-refractivity contribution in [1.82, 2.24) is 4.90 Å². The van der Waals surface area contributed by atoms with Gasteiger partial charge in [0.25, 0.3) is 17.5 Å². The second-order valence-corrected chi connectivity index (χ2v) is 7.79. The zero-order chi connectivity index (χ0) is 20.4. The Hall–Kier alpha value is -3.04. The minimum absolute atomic E-state index is 0.0297. The van der Waals surface area contributed by atoms with Crippen molar-refractivity contribution < 1.29 is 14.5 Å². The van der Waals surface area contributed by atoms with E-state index in [0.717, 1.165) is 34.0 Å². The van der Waals surface area contributed by atoms with Crippen LogP contribution in [0, 0.1) is 10.1 Å². The van der Waals surface area contributed by atoms with E-state index in [9.17, 15) is 19.7 Å². The van der Waals surface area contributed by atoms with Crippen LogP contribution in [-0.2, 0) is 4.79 Å². The molecule has 0 aromatic heterocycles. The summed E-state index contributed by atoms with van der Waals surface area (Å²) in [6.45, 7) is 0. The predicted octanol–water partition coefficient (Wildman–Crippen LogP) is 3.70. The highest BCUT2D eigenvalue weighted by Crippen LogP contribution is 2.34. The molecule has 1 heterocycles. The van der Waals surface area contributed by atoms with Gasteiger partial charge >= 0.3 is 0 Å². The number of thioether (sulfide) groups is 1. The first-order chi connectivity index (χ1) is 13.3. The zero-order valence-corrected chi connectivity index (χ0v) is 16.6. The summed E-state index contributed by atoms with van der Waals surface area (Å²) in [7, 11) is 3.86. The average molecular weight is 413 g/mol. The molecule has 0 saturated carbocycles. The highest BCUT2D eigenvalue weighted by atomic mass is 32.2. The molecule has 0 spiro atoms. The number of amides is 2. The lowest BCUT2D eigenvalue weighted by Crippen LogP contribution is -2.34. The van der Waals surface area contributed by atoms with Crippen LogP contribution in [0.25, 0.3) is 6.08 Å². The Balaban J connectivity index is 1.86. The molecule has 0 aliphatic carbocycles. The van der Waals surface area contributed by atoms with Crippen LogP contribution in [0.5, 0.6) is 0 Å². The lowest BCUT2D eigenvalue weighted by atomic mass is 10.1. The van der Waals surface area contributed by atoms with Crippen LogP contribution in [0.3, 0.4) is 0 Å². The fourth-order valence-corrected chi connectivity index (χ4v) is 3.80. The fourth-order valence-electron chi connectivity index (χ4n) is 2.54. The van der Waals surface area contributed by atoms with Crippen molar-refractivity contribution in [3.63, 3.8) is 0 Å². The predicted molar refractivity (Wildman–Crippen MR) is 113 cm³/mol. The van der Waals surface area contributed by atoms with Gasteiger partial charge in [0.15, 0.2) is 4.32 Å². The monoisotopic (exact) mass is 413 g/mol. The van der Waals surface area contributed by atoms with Crippen molar-refractivity contribution >= 4 is 57.6 Å². The molecule has 1 aliphatic rings. The number of non-ortho nitro benzene ring substituents is 1. The third-order valence-electron chi connectivity index (χ3n) is 4.01. The number of anilines is 1. The molecule has 0 atom stereocenters. The Morgan fingerprint density at radius 3 is 2.50 bits per heavy atom. The van der Waals surface area contributed by atoms with E-state index in [2.05, 4.69) is 0 Å². The quantitative estimate of drug-likeness (QED) is 0.248. The van der Waals surface area contributed by atoms with Crippen molar-refractivity contribution in [1.29, 1.82) is 0 Å². The van der Waals surface area contributed by atoms with E-state index in [1.807, 2.05) is 43.3 Å². The number of rotatable bonds is 4. The Morgan fingerprint density at radius 2 is 1.89 bits per heavy atom. The third kappa shape index (κ3) is 3.95. The summed E-state index contributed by atoms with van der Waals surface area (Å²) in [5.74, 6) is -1.22. The summed E-state index contributed by atoms with van der Waals surface area (Å²) >= 11 is 6.22. The number of imide groups is 1. The van der Waals surface area contributed by atoms with Crippen molar-refractivity contribution in [2.45, 2.75) is 0 Å². The van der Waals surface area contributed by atoms with Gasteiger partial charge in [0, 0.05) is 37.5 Å². The number of hydrogen-bond donors (Lipinski definition) is 0. The van der Waals surface area contributed by atoms with Crippen molar-refractivity contribution in [2.24, 2.45) is 0 Å². The highest BCUT2D eigenvalue weighted by molar-refractivity contribution is 8.26. The van der Waals surface area contributed by atoms with Gasteiger partial charge < -0.3 is 4.90 Å². The molecule has 2 amide bonds. The summed E-state index contributed by atoms with van der Waals surface area (Å²) in [4.78, 5) is 38.9. The Morgan fingerprint density at radius 1 is 1.21 bits per heavy atom. The van der Waals surface area contributed by atoms with E-state index in [1.165, 1.54) is 18.2 Å². The topological polar surface area (TPSA) is 83.8 Å². The molecule has 28 heavy (non-hydrogen) atoms. The van der Waals surface area contributed by atoms with Crippen molar-refractivity contribution in [3.8, 4) is 0 Å². The smallest absolute Gasteiger partial charge is 0.273 e. The number of carbonyl (C=O) groups is 2. The molecule has 0 bridgehead atoms. The summed E-state index contributed by atoms with van der Waals surface area (Å²) in [5, 5.41) is 10.9. The zero-order valence-electron chi connectivity index (χ0n) is 15.0. The van der Waals surface area contributed by atoms with Gasteiger partial charge in [-0.15, -0.1) is 0 Å². The maximum atomic E-state index is 12.7. The summed E-state index contributed by atoms with van der Waals surface area (Å²) < 4.78 is 0.0951. The molecule has 0 unspecified atom stereocenters. The lowest BCUT2D eigenvalue weighted by Gasteiger charge is -2.12. The number of thiocarbonyl (C=S) groups is 1. The van der Waals surface area contributed by atoms with Crippen LogP contribution in [0.4, 0.5) is 11.4 Å². The van der Waals surface area contributed by atoms with E-state index in [0.29, 0.717) is 4.91 Å². The van der Waals surface area contributed by atoms with Crippen LogP contribution in [0.15, 0.2) is 53.4 Å². The van der Waals surface area contributed by atoms with Crippen LogP contribution < -0.4 is 4.90 Å². The number of hydrogen-bond acceptors (Lipinski definition) is 7. The Kier molecular flexibility index (Phi) is 5.57. The molecular formula is C19H15N3O4S2. The van der Waals surface area contributed by atoms with E-state index in [4.69, 9.17) is 12.2 Å². The van der Waals surface area contributed by atoms with Crippen molar-refractivity contribution in [3.05, 3.63) is 74.7 Å². The van der Waals surface area contributed by atoms with Gasteiger partial charge in [-0.3, -0.25) is 19.7 Å². The first-order valence-corrected chi connectivity index (χ1v) is 9.34. The van der Waals surface area contributed by atoms with Crippen LogP contribution in [0.1, 0.15) is 15.9 Å². The minimum atomic E-state index is -0.683. The molecule has 1 saturated heterocycles. The lowest BCUT2D eigenvalue weighted by molar-refractivity contribution is -0.384. The number of nitro benzene ring substituents is 1. The fraction of sp³-hybridized carbons (Fsp3) is 0.105. The van der Waals surface area contributed by atoms with E-state index < -0.39 is 16.7 Å². The van der Waals surface area contributed by atoms with Gasteiger partial charge in [-0.2, -0.15) is 0 Å². The van der Waals surface area contributed by atoms with Gasteiger partial charge in [0.1, 0.15) is 0 Å². The molecule has 2 aromatic rings. The van der Waals surface area contributed by atoms with Crippen molar-refractivity contribution in [2.75, 3.05) is 19.0 Å². The second-order valence-electron chi connectivity index (χ2n) is 6.12. The molecule has 2 aromatic carbocycles. The molecule has 1 aliphatic heterocycles. The van der Waals surface area contributed by atoms with Gasteiger partial charge in [0.2, 0.25) is 0 Å². The minimum Gasteiger partial charge on any atom is -0.378 e. The normalized spacial score (nSPS) is 15.2. The molecule has 3 rings (SSSR count). The molecule has 1 fully saturated rings. The van der Waals surface area contributed by atoms with E-state index >= 15 is 0 Å². The summed E-state index contributed by atoms with van der Waals surface area (Å²) in [6, 6.07) is 12.8. The van der Waals surface area contributed by atoms with Crippen LogP contribution in [0.2, 0.25) is 0 Å². The molecule has 142 valence electrons. The number of nitrogens with zero attached hydrogens (tertiary/aromatic N) is 3. The van der Waals surface area contributed by atoms with Gasteiger partial charge in [-0.05, 0) is 29.8 Å². The van der Waals surface area contributed by atoms with Gasteiger partial charge in [-0.25, -0.2) is 4.90 Å². The molecule has 7 nitrogen and oxygen atoms in total. The highest BCUT2D eigenvalue weighted by Gasteiger charge is 2.37. The Labute approximate surface area is 170 Å². The van der Waals surface area contributed by atoms with Gasteiger partial charge in [-0.1, -0.05) is 42.2 Å². The molecule has 9 heteroatoms. The first-order valence-electron chi connectivity index (χ1n) is 8.12. The van der Waals surface area contributed by atoms with Gasteiger partial charge in [0.05, 0.1) is 9.83 Å². The summed E-state index contributed by atoms with van der Waals surface area (Å²) in [5.41, 5.74) is 1.62. The summed E-state index contributed by atoms with van der Waals surface area (Å²) in [6.07, 6.45) is 1.67. The number of nitro groups is 1. The second kappa shape index (κ2) is 7.91. The first kappa shape index (κ1) is 19.7. The largest absolute Gasteiger partial charge is 0.378 e. The molecule has 0 radical (unpaired) electrons. The van der Waals surface area contributed by atoms with E-state index in [1.54, 1.807) is 6.08 Å². The number of benzene rings is 2. The SMILES string of the molecule is CN(C)c1ccc(/C=C2\SC(=S)N(C(=O)c3cccc([N+](=O)[O-])c3)C2=O)cc1. The average Bonchev–Trinajstić information content (AvgIpc) is 2.95. The maximum Gasteiger partial charge on any atom is 0.273 e. The third-order valence-corrected chi connectivity index (χ3v) is 5.31. The Bertz CT molecular complexity index is 1020. The molecule has 0 N–H and O–H groups in total. The van der Waals surface area contributed by atoms with Crippen LogP contribution in [-0.4, -0.2) is 40.1 Å². The number of carbonyl (C=O) groups excluding carboxylic acids is 2. The maximum absolute atomic E-state index is 12.7. The van der Waals surface area contributed by atoms with Crippen LogP contribution >= 0.6 is 24.0 Å².